The molecule has 0 aliphatic heterocycles. The molecule has 0 bridgehead atoms. The van der Waals surface area contributed by atoms with E-state index in [1.165, 1.54) is 6.08 Å². The molecule has 1 amide bonds. The van der Waals surface area contributed by atoms with Crippen molar-refractivity contribution in [3.05, 3.63) is 35.9 Å². The summed E-state index contributed by atoms with van der Waals surface area (Å²) in [5.74, 6) is 0.715. The average molecular weight is 277 g/mol. The zero-order valence-corrected chi connectivity index (χ0v) is 12.3. The number of hydrogen-bond acceptors (Lipinski definition) is 3. The molecule has 0 aliphatic carbocycles. The van der Waals surface area contributed by atoms with Gasteiger partial charge in [-0.25, -0.2) is 0 Å². The Morgan fingerprint density at radius 3 is 2.90 bits per heavy atom. The first kappa shape index (κ1) is 16.2. The number of benzene rings is 1. The van der Waals surface area contributed by atoms with Gasteiger partial charge in [0.1, 0.15) is 5.75 Å². The molecule has 2 atom stereocenters. The molecule has 2 N–H and O–H groups in total. The number of hydrogen-bond donors (Lipinski definition) is 2. The summed E-state index contributed by atoms with van der Waals surface area (Å²) in [5, 5.41) is 12.5. The number of ether oxygens (including phenoxy) is 1. The van der Waals surface area contributed by atoms with E-state index in [0.29, 0.717) is 0 Å². The summed E-state index contributed by atoms with van der Waals surface area (Å²) < 4.78 is 5.11. The largest absolute Gasteiger partial charge is 0.497 e. The van der Waals surface area contributed by atoms with Gasteiger partial charge in [0.2, 0.25) is 5.91 Å². The lowest BCUT2D eigenvalue weighted by atomic mass is 10.0. The first-order valence-electron chi connectivity index (χ1n) is 6.84. The highest BCUT2D eigenvalue weighted by Crippen LogP contribution is 2.13. The van der Waals surface area contributed by atoms with Gasteiger partial charge in [0.25, 0.3) is 0 Å². The van der Waals surface area contributed by atoms with Gasteiger partial charge in [-0.05, 0) is 29.7 Å². The molecular weight excluding hydrogens is 254 g/mol. The number of methoxy groups -OCH3 is 1. The van der Waals surface area contributed by atoms with Crippen molar-refractivity contribution in [1.82, 2.24) is 5.32 Å². The van der Waals surface area contributed by atoms with Crippen LogP contribution in [0.1, 0.15) is 25.8 Å². The lowest BCUT2D eigenvalue weighted by Gasteiger charge is -2.16. The van der Waals surface area contributed by atoms with Crippen LogP contribution in [0.2, 0.25) is 0 Å². The molecule has 110 valence electrons. The zero-order valence-electron chi connectivity index (χ0n) is 12.3. The maximum atomic E-state index is 11.6. The minimum atomic E-state index is -0.505. The van der Waals surface area contributed by atoms with Crippen molar-refractivity contribution in [3.8, 4) is 5.75 Å². The van der Waals surface area contributed by atoms with Crippen LogP contribution in [0.4, 0.5) is 0 Å². The molecule has 20 heavy (non-hydrogen) atoms. The first-order valence-corrected chi connectivity index (χ1v) is 6.84. The van der Waals surface area contributed by atoms with E-state index in [1.807, 2.05) is 38.1 Å². The predicted octanol–water partition coefficient (Wildman–Crippen LogP) is 2.23. The Morgan fingerprint density at radius 1 is 1.50 bits per heavy atom. The third kappa shape index (κ3) is 5.45. The summed E-state index contributed by atoms with van der Waals surface area (Å²) in [6.45, 7) is 4.25. The topological polar surface area (TPSA) is 58.6 Å². The fourth-order valence-corrected chi connectivity index (χ4v) is 1.65. The normalized spacial score (nSPS) is 14.0. The van der Waals surface area contributed by atoms with Gasteiger partial charge in [-0.2, -0.15) is 0 Å². The summed E-state index contributed by atoms with van der Waals surface area (Å²) in [6.07, 6.45) is 3.55. The van der Waals surface area contributed by atoms with Crippen LogP contribution in [0.5, 0.6) is 5.75 Å². The van der Waals surface area contributed by atoms with E-state index in [0.717, 1.165) is 17.7 Å². The predicted molar refractivity (Wildman–Crippen MR) is 80.5 cm³/mol. The van der Waals surface area contributed by atoms with Crippen LogP contribution in [-0.2, 0) is 4.79 Å². The molecule has 0 heterocycles. The Balaban J connectivity index is 2.47. The summed E-state index contributed by atoms with van der Waals surface area (Å²) in [5.41, 5.74) is 0.891. The number of carbonyl (C=O) groups excluding carboxylic acids is 1. The molecule has 0 saturated carbocycles. The monoisotopic (exact) mass is 277 g/mol. The fourth-order valence-electron chi connectivity index (χ4n) is 1.65. The van der Waals surface area contributed by atoms with Gasteiger partial charge in [0.05, 0.1) is 13.2 Å². The molecule has 0 aliphatic rings. The fraction of sp³-hybridized carbons (Fsp3) is 0.438. The maximum absolute atomic E-state index is 11.6. The van der Waals surface area contributed by atoms with Crippen LogP contribution in [0, 0.1) is 5.92 Å². The molecule has 2 unspecified atom stereocenters. The van der Waals surface area contributed by atoms with E-state index >= 15 is 0 Å². The molecular formula is C16H23NO3. The van der Waals surface area contributed by atoms with Crippen LogP contribution in [0.25, 0.3) is 6.08 Å². The maximum Gasteiger partial charge on any atom is 0.244 e. The Hall–Kier alpha value is -1.81. The average Bonchev–Trinajstić information content (AvgIpc) is 2.49. The summed E-state index contributed by atoms with van der Waals surface area (Å²) in [4.78, 5) is 11.6. The van der Waals surface area contributed by atoms with Crippen LogP contribution in [0.15, 0.2) is 30.3 Å². The van der Waals surface area contributed by atoms with Crippen LogP contribution >= 0.6 is 0 Å². The van der Waals surface area contributed by atoms with E-state index in [1.54, 1.807) is 13.2 Å². The molecule has 1 aromatic rings. The zero-order chi connectivity index (χ0) is 15.0. The SMILES string of the molecule is CCC(C)C(O)CNC(=O)/C=C/c1cccc(OC)c1. The minimum Gasteiger partial charge on any atom is -0.497 e. The van der Waals surface area contributed by atoms with Crippen LogP contribution in [0.3, 0.4) is 0 Å². The molecule has 0 aromatic heterocycles. The number of nitrogens with one attached hydrogen (secondary N) is 1. The summed E-state index contributed by atoms with van der Waals surface area (Å²) in [6, 6.07) is 7.45. The highest BCUT2D eigenvalue weighted by atomic mass is 16.5. The number of amides is 1. The molecule has 4 nitrogen and oxygen atoms in total. The molecule has 0 saturated heterocycles. The van der Waals surface area contributed by atoms with Gasteiger partial charge in [-0.15, -0.1) is 0 Å². The Morgan fingerprint density at radius 2 is 2.25 bits per heavy atom. The van der Waals surface area contributed by atoms with E-state index in [2.05, 4.69) is 5.32 Å². The molecule has 0 radical (unpaired) electrons. The lowest BCUT2D eigenvalue weighted by molar-refractivity contribution is -0.117. The van der Waals surface area contributed by atoms with Crippen LogP contribution < -0.4 is 10.1 Å². The molecule has 0 fully saturated rings. The second-order valence-electron chi connectivity index (χ2n) is 4.81. The van der Waals surface area contributed by atoms with Crippen molar-refractivity contribution in [2.75, 3.05) is 13.7 Å². The van der Waals surface area contributed by atoms with E-state index in [4.69, 9.17) is 4.74 Å². The van der Waals surface area contributed by atoms with E-state index < -0.39 is 6.10 Å². The quantitative estimate of drug-likeness (QED) is 0.751. The highest BCUT2D eigenvalue weighted by molar-refractivity contribution is 5.91. The van der Waals surface area contributed by atoms with Crippen molar-refractivity contribution < 1.29 is 14.6 Å². The van der Waals surface area contributed by atoms with Gasteiger partial charge in [-0.3, -0.25) is 4.79 Å². The van der Waals surface area contributed by atoms with Gasteiger partial charge < -0.3 is 15.2 Å². The number of aliphatic hydroxyl groups excluding tert-OH is 1. The second-order valence-corrected chi connectivity index (χ2v) is 4.81. The van der Waals surface area contributed by atoms with Gasteiger partial charge >= 0.3 is 0 Å². The van der Waals surface area contributed by atoms with Crippen LogP contribution in [-0.4, -0.2) is 30.8 Å². The van der Waals surface area contributed by atoms with Gasteiger partial charge in [0.15, 0.2) is 0 Å². The molecule has 4 heteroatoms. The Labute approximate surface area is 120 Å². The Bertz CT molecular complexity index is 457. The van der Waals surface area contributed by atoms with E-state index in [9.17, 15) is 9.90 Å². The van der Waals surface area contributed by atoms with Crippen molar-refractivity contribution in [1.29, 1.82) is 0 Å². The number of aliphatic hydroxyl groups is 1. The van der Waals surface area contributed by atoms with Crippen molar-refractivity contribution in [2.45, 2.75) is 26.4 Å². The second kappa shape index (κ2) is 8.38. The third-order valence-electron chi connectivity index (χ3n) is 3.31. The van der Waals surface area contributed by atoms with E-state index in [-0.39, 0.29) is 18.4 Å². The van der Waals surface area contributed by atoms with Crippen molar-refractivity contribution in [3.63, 3.8) is 0 Å². The molecule has 0 spiro atoms. The number of rotatable bonds is 7. The molecule has 1 aromatic carbocycles. The minimum absolute atomic E-state index is 0.178. The third-order valence-corrected chi connectivity index (χ3v) is 3.31. The summed E-state index contributed by atoms with van der Waals surface area (Å²) in [7, 11) is 1.60. The molecule has 1 rings (SSSR count). The van der Waals surface area contributed by atoms with Gasteiger partial charge in [0, 0.05) is 12.6 Å². The smallest absolute Gasteiger partial charge is 0.244 e. The highest BCUT2D eigenvalue weighted by Gasteiger charge is 2.12. The first-order chi connectivity index (χ1) is 9.56. The summed E-state index contributed by atoms with van der Waals surface area (Å²) >= 11 is 0. The standard InChI is InChI=1S/C16H23NO3/c1-4-12(2)15(18)11-17-16(19)9-8-13-6-5-7-14(10-13)20-3/h5-10,12,15,18H,4,11H2,1-3H3,(H,17,19)/b9-8+. The number of carbonyl (C=O) groups is 1. The van der Waals surface area contributed by atoms with Crippen molar-refractivity contribution >= 4 is 12.0 Å². The Kier molecular flexibility index (Phi) is 6.81. The van der Waals surface area contributed by atoms with Crippen molar-refractivity contribution in [2.24, 2.45) is 5.92 Å². The van der Waals surface area contributed by atoms with Gasteiger partial charge in [-0.1, -0.05) is 32.4 Å². The lowest BCUT2D eigenvalue weighted by Crippen LogP contribution is -2.34.